The Morgan fingerprint density at radius 1 is 1.30 bits per heavy atom. The zero-order valence-corrected chi connectivity index (χ0v) is 13.4. The van der Waals surface area contributed by atoms with Crippen molar-refractivity contribution in [2.24, 2.45) is 5.10 Å². The van der Waals surface area contributed by atoms with Gasteiger partial charge in [0.2, 0.25) is 0 Å². The molecule has 1 aromatic heterocycles. The standard InChI is InChI=1S/C18H21N3O2/c1-3-14(2)16-9-4-5-10-17(16)23-13-18(22)21-20-12-15-8-6-7-11-19-15/h4-12,14H,3,13H2,1-2H3,(H,21,22)/b20-12+. The Bertz CT molecular complexity index is 656. The minimum absolute atomic E-state index is 0.0764. The molecule has 1 aromatic carbocycles. The van der Waals surface area contributed by atoms with Gasteiger partial charge in [0, 0.05) is 6.20 Å². The van der Waals surface area contributed by atoms with Crippen LogP contribution in [-0.2, 0) is 4.79 Å². The molecule has 1 atom stereocenters. The van der Waals surface area contributed by atoms with Crippen LogP contribution < -0.4 is 10.2 Å². The first-order chi connectivity index (χ1) is 11.2. The van der Waals surface area contributed by atoms with Gasteiger partial charge in [-0.05, 0) is 36.1 Å². The predicted molar refractivity (Wildman–Crippen MR) is 90.6 cm³/mol. The summed E-state index contributed by atoms with van der Waals surface area (Å²) in [6.07, 6.45) is 4.17. The molecule has 2 aromatic rings. The molecule has 1 N–H and O–H groups in total. The highest BCUT2D eigenvalue weighted by Gasteiger charge is 2.10. The van der Waals surface area contributed by atoms with Gasteiger partial charge >= 0.3 is 0 Å². The lowest BCUT2D eigenvalue weighted by Gasteiger charge is -2.15. The zero-order valence-electron chi connectivity index (χ0n) is 13.4. The third-order valence-corrected chi connectivity index (χ3v) is 3.49. The fourth-order valence-electron chi connectivity index (χ4n) is 2.04. The number of nitrogens with zero attached hydrogens (tertiary/aromatic N) is 2. The SMILES string of the molecule is CCC(C)c1ccccc1OCC(=O)N/N=C/c1ccccn1. The average Bonchev–Trinajstić information content (AvgIpc) is 2.60. The Labute approximate surface area is 136 Å². The van der Waals surface area contributed by atoms with Gasteiger partial charge in [-0.1, -0.05) is 38.1 Å². The first-order valence-electron chi connectivity index (χ1n) is 7.65. The van der Waals surface area contributed by atoms with E-state index >= 15 is 0 Å². The number of carbonyl (C=O) groups excluding carboxylic acids is 1. The number of nitrogens with one attached hydrogen (secondary N) is 1. The first kappa shape index (κ1) is 16.7. The molecule has 0 saturated heterocycles. The molecule has 0 radical (unpaired) electrons. The lowest BCUT2D eigenvalue weighted by molar-refractivity contribution is -0.123. The quantitative estimate of drug-likeness (QED) is 0.631. The molecule has 0 aliphatic carbocycles. The lowest BCUT2D eigenvalue weighted by atomic mass is 9.98. The van der Waals surface area contributed by atoms with Crippen LogP contribution in [0.2, 0.25) is 0 Å². The number of amides is 1. The van der Waals surface area contributed by atoms with Crippen molar-refractivity contribution in [2.75, 3.05) is 6.61 Å². The summed E-state index contributed by atoms with van der Waals surface area (Å²) in [7, 11) is 0. The van der Waals surface area contributed by atoms with E-state index in [0.717, 1.165) is 17.7 Å². The molecule has 5 heteroatoms. The van der Waals surface area contributed by atoms with E-state index in [1.165, 1.54) is 6.21 Å². The van der Waals surface area contributed by atoms with Crippen molar-refractivity contribution in [2.45, 2.75) is 26.2 Å². The van der Waals surface area contributed by atoms with Gasteiger partial charge in [-0.3, -0.25) is 9.78 Å². The molecular formula is C18H21N3O2. The second-order valence-electron chi connectivity index (χ2n) is 5.18. The summed E-state index contributed by atoms with van der Waals surface area (Å²) in [6, 6.07) is 13.3. The molecule has 5 nitrogen and oxygen atoms in total. The number of benzene rings is 1. The molecule has 0 bridgehead atoms. The fourth-order valence-corrected chi connectivity index (χ4v) is 2.04. The number of carbonyl (C=O) groups is 1. The second kappa shape index (κ2) is 8.68. The minimum Gasteiger partial charge on any atom is -0.483 e. The van der Waals surface area contributed by atoms with Crippen LogP contribution in [-0.4, -0.2) is 23.7 Å². The van der Waals surface area contributed by atoms with E-state index in [9.17, 15) is 4.79 Å². The van der Waals surface area contributed by atoms with Crippen LogP contribution in [0.1, 0.15) is 37.4 Å². The van der Waals surface area contributed by atoms with E-state index in [2.05, 4.69) is 29.4 Å². The molecule has 2 rings (SSSR count). The number of hydrogen-bond acceptors (Lipinski definition) is 4. The number of pyridine rings is 1. The summed E-state index contributed by atoms with van der Waals surface area (Å²) in [5, 5.41) is 3.86. The highest BCUT2D eigenvalue weighted by Crippen LogP contribution is 2.28. The normalized spacial score (nSPS) is 12.1. The zero-order chi connectivity index (χ0) is 16.5. The number of rotatable bonds is 7. The van der Waals surface area contributed by atoms with Gasteiger partial charge in [-0.2, -0.15) is 5.10 Å². The number of aromatic nitrogens is 1. The summed E-state index contributed by atoms with van der Waals surface area (Å²) < 4.78 is 5.62. The molecule has 1 unspecified atom stereocenters. The highest BCUT2D eigenvalue weighted by molar-refractivity contribution is 5.81. The van der Waals surface area contributed by atoms with Crippen molar-refractivity contribution < 1.29 is 9.53 Å². The van der Waals surface area contributed by atoms with Gasteiger partial charge in [-0.15, -0.1) is 0 Å². The van der Waals surface area contributed by atoms with Gasteiger partial charge in [0.1, 0.15) is 5.75 Å². The molecule has 1 amide bonds. The maximum Gasteiger partial charge on any atom is 0.277 e. The molecule has 1 heterocycles. The van der Waals surface area contributed by atoms with Crippen LogP contribution in [0.3, 0.4) is 0 Å². The number of hydrazone groups is 1. The molecule has 0 aliphatic heterocycles. The smallest absolute Gasteiger partial charge is 0.277 e. The van der Waals surface area contributed by atoms with E-state index in [1.54, 1.807) is 12.3 Å². The maximum absolute atomic E-state index is 11.8. The summed E-state index contributed by atoms with van der Waals surface area (Å²) in [5.74, 6) is 0.818. The Morgan fingerprint density at radius 3 is 2.83 bits per heavy atom. The Balaban J connectivity index is 1.86. The van der Waals surface area contributed by atoms with Gasteiger partial charge < -0.3 is 4.74 Å². The average molecular weight is 311 g/mol. The summed E-state index contributed by atoms with van der Waals surface area (Å²) in [6.45, 7) is 4.19. The number of ether oxygens (including phenoxy) is 1. The maximum atomic E-state index is 11.8. The van der Waals surface area contributed by atoms with Crippen LogP contribution in [0.15, 0.2) is 53.8 Å². The van der Waals surface area contributed by atoms with Gasteiger partial charge in [0.15, 0.2) is 6.61 Å². The van der Waals surface area contributed by atoms with E-state index in [1.807, 2.05) is 36.4 Å². The van der Waals surface area contributed by atoms with E-state index in [4.69, 9.17) is 4.74 Å². The molecule has 0 aliphatic rings. The van der Waals surface area contributed by atoms with E-state index < -0.39 is 0 Å². The molecule has 0 saturated carbocycles. The predicted octanol–water partition coefficient (Wildman–Crippen LogP) is 3.12. The summed E-state index contributed by atoms with van der Waals surface area (Å²) in [5.41, 5.74) is 4.22. The molecule has 0 fully saturated rings. The monoisotopic (exact) mass is 311 g/mol. The molecular weight excluding hydrogens is 290 g/mol. The number of hydrogen-bond donors (Lipinski definition) is 1. The second-order valence-corrected chi connectivity index (χ2v) is 5.18. The first-order valence-corrected chi connectivity index (χ1v) is 7.65. The van der Waals surface area contributed by atoms with Crippen LogP contribution in [0, 0.1) is 0 Å². The largest absolute Gasteiger partial charge is 0.483 e. The van der Waals surface area contributed by atoms with Crippen LogP contribution in [0.5, 0.6) is 5.75 Å². The van der Waals surface area contributed by atoms with Crippen molar-refractivity contribution >= 4 is 12.1 Å². The van der Waals surface area contributed by atoms with E-state index in [0.29, 0.717) is 11.6 Å². The van der Waals surface area contributed by atoms with Crippen molar-refractivity contribution in [1.82, 2.24) is 10.4 Å². The van der Waals surface area contributed by atoms with Crippen molar-refractivity contribution in [3.05, 3.63) is 59.9 Å². The Kier molecular flexibility index (Phi) is 6.29. The van der Waals surface area contributed by atoms with Gasteiger partial charge in [-0.25, -0.2) is 5.43 Å². The summed E-state index contributed by atoms with van der Waals surface area (Å²) in [4.78, 5) is 15.9. The molecule has 23 heavy (non-hydrogen) atoms. The minimum atomic E-state index is -0.309. The van der Waals surface area contributed by atoms with Gasteiger partial charge in [0.25, 0.3) is 5.91 Å². The van der Waals surface area contributed by atoms with Crippen LogP contribution in [0.4, 0.5) is 0 Å². The van der Waals surface area contributed by atoms with Crippen LogP contribution >= 0.6 is 0 Å². The van der Waals surface area contributed by atoms with Crippen molar-refractivity contribution in [3.8, 4) is 5.75 Å². The van der Waals surface area contributed by atoms with Crippen molar-refractivity contribution in [1.29, 1.82) is 0 Å². The fraction of sp³-hybridized carbons (Fsp3) is 0.278. The highest BCUT2D eigenvalue weighted by atomic mass is 16.5. The van der Waals surface area contributed by atoms with Gasteiger partial charge in [0.05, 0.1) is 11.9 Å². The Morgan fingerprint density at radius 2 is 2.09 bits per heavy atom. The summed E-state index contributed by atoms with van der Waals surface area (Å²) >= 11 is 0. The molecule has 0 spiro atoms. The van der Waals surface area contributed by atoms with Crippen LogP contribution in [0.25, 0.3) is 0 Å². The van der Waals surface area contributed by atoms with E-state index in [-0.39, 0.29) is 12.5 Å². The lowest BCUT2D eigenvalue weighted by Crippen LogP contribution is -2.25. The number of para-hydroxylation sites is 1. The Hall–Kier alpha value is -2.69. The third-order valence-electron chi connectivity index (χ3n) is 3.49. The van der Waals surface area contributed by atoms with Crippen molar-refractivity contribution in [3.63, 3.8) is 0 Å². The third kappa shape index (κ3) is 5.21. The topological polar surface area (TPSA) is 63.6 Å². The molecule has 120 valence electrons.